The predicted molar refractivity (Wildman–Crippen MR) is 121 cm³/mol. The van der Waals surface area contributed by atoms with Crippen molar-refractivity contribution in [2.75, 3.05) is 13.2 Å². The first-order valence-corrected chi connectivity index (χ1v) is 12.3. The highest BCUT2D eigenvalue weighted by Crippen LogP contribution is 2.40. The summed E-state index contributed by atoms with van der Waals surface area (Å²) in [5, 5.41) is 0. The van der Waals surface area contributed by atoms with Gasteiger partial charge in [0.25, 0.3) is 0 Å². The second-order valence-corrected chi connectivity index (χ2v) is 9.91. The van der Waals surface area contributed by atoms with E-state index in [2.05, 4.69) is 0 Å². The van der Waals surface area contributed by atoms with Gasteiger partial charge in [-0.05, 0) is 86.8 Å². The number of halogens is 1. The number of rotatable bonds is 8. The average molecular weight is 469 g/mol. The van der Waals surface area contributed by atoms with Gasteiger partial charge in [-0.2, -0.15) is 0 Å². The van der Waals surface area contributed by atoms with Crippen LogP contribution in [0.25, 0.3) is 0 Å². The van der Waals surface area contributed by atoms with E-state index in [-0.39, 0.29) is 5.56 Å². The van der Waals surface area contributed by atoms with Gasteiger partial charge in [-0.25, -0.2) is 9.18 Å². The predicted octanol–water partition coefficient (Wildman–Crippen LogP) is 4.94. The summed E-state index contributed by atoms with van der Waals surface area (Å²) in [4.78, 5) is 12.5. The van der Waals surface area contributed by atoms with Crippen molar-refractivity contribution in [1.82, 2.24) is 0 Å². The first kappa shape index (κ1) is 21.9. The summed E-state index contributed by atoms with van der Waals surface area (Å²) in [6.45, 7) is 1.18. The van der Waals surface area contributed by atoms with Crippen molar-refractivity contribution in [2.45, 2.75) is 62.9 Å². The zero-order chi connectivity index (χ0) is 23.1. The summed E-state index contributed by atoms with van der Waals surface area (Å²) in [5.74, 6) is 0.990. The van der Waals surface area contributed by atoms with Crippen LogP contribution in [0.3, 0.4) is 0 Å². The molecule has 4 fully saturated rings. The van der Waals surface area contributed by atoms with Gasteiger partial charge in [0.15, 0.2) is 0 Å². The molecule has 2 aliphatic carbocycles. The van der Waals surface area contributed by atoms with E-state index in [0.29, 0.717) is 66.7 Å². The lowest BCUT2D eigenvalue weighted by Gasteiger charge is -2.19. The fraction of sp³-hybridized carbons (Fsp3) is 0.519. The van der Waals surface area contributed by atoms with E-state index in [0.717, 1.165) is 38.5 Å². The van der Waals surface area contributed by atoms with Gasteiger partial charge in [0.05, 0.1) is 43.2 Å². The van der Waals surface area contributed by atoms with Crippen molar-refractivity contribution >= 4 is 5.97 Å². The topological polar surface area (TPSA) is 69.8 Å². The number of ether oxygens (including phenoxy) is 5. The normalized spacial score (nSPS) is 31.1. The minimum atomic E-state index is -0.747. The number of fused-ring (bicyclic) bond motifs is 2. The third-order valence-corrected chi connectivity index (χ3v) is 7.39. The fourth-order valence-corrected chi connectivity index (χ4v) is 5.22. The summed E-state index contributed by atoms with van der Waals surface area (Å²) < 4.78 is 42.7. The van der Waals surface area contributed by atoms with Gasteiger partial charge >= 0.3 is 5.97 Å². The maximum absolute atomic E-state index is 14.6. The van der Waals surface area contributed by atoms with Crippen LogP contribution >= 0.6 is 0 Å². The molecule has 0 bridgehead atoms. The van der Waals surface area contributed by atoms with Crippen LogP contribution < -0.4 is 14.2 Å². The molecule has 2 aromatic carbocycles. The summed E-state index contributed by atoms with van der Waals surface area (Å²) in [6, 6.07) is 11.1. The van der Waals surface area contributed by atoms with Crippen LogP contribution in [0.1, 0.15) is 48.9 Å². The molecular formula is C27H29FO6. The molecule has 34 heavy (non-hydrogen) atoms. The second-order valence-electron chi connectivity index (χ2n) is 9.91. The molecule has 6 rings (SSSR count). The van der Waals surface area contributed by atoms with Crippen LogP contribution in [-0.2, 0) is 9.47 Å². The lowest BCUT2D eigenvalue weighted by molar-refractivity contribution is 0.0729. The van der Waals surface area contributed by atoms with Gasteiger partial charge in [0.1, 0.15) is 23.1 Å². The Morgan fingerprint density at radius 2 is 1.32 bits per heavy atom. The Bertz CT molecular complexity index is 1040. The molecule has 180 valence electrons. The van der Waals surface area contributed by atoms with E-state index in [4.69, 9.17) is 23.7 Å². The monoisotopic (exact) mass is 468 g/mol. The molecule has 4 aliphatic rings. The zero-order valence-electron chi connectivity index (χ0n) is 19.0. The Hall–Kier alpha value is -2.64. The molecule has 0 aromatic heterocycles. The molecule has 7 heteroatoms. The van der Waals surface area contributed by atoms with Crippen molar-refractivity contribution in [3.05, 3.63) is 53.8 Å². The van der Waals surface area contributed by atoms with E-state index in [1.807, 2.05) is 0 Å². The van der Waals surface area contributed by atoms with Gasteiger partial charge in [-0.15, -0.1) is 0 Å². The molecule has 0 radical (unpaired) electrons. The van der Waals surface area contributed by atoms with Crippen LogP contribution in [-0.4, -0.2) is 43.6 Å². The Morgan fingerprint density at radius 1 is 0.765 bits per heavy atom. The fourth-order valence-electron chi connectivity index (χ4n) is 5.22. The van der Waals surface area contributed by atoms with Gasteiger partial charge in [0.2, 0.25) is 0 Å². The quantitative estimate of drug-likeness (QED) is 0.311. The number of hydrogen-bond acceptors (Lipinski definition) is 6. The zero-order valence-corrected chi connectivity index (χ0v) is 19.0. The number of carbonyl (C=O) groups is 1. The van der Waals surface area contributed by atoms with Gasteiger partial charge in [-0.1, -0.05) is 0 Å². The van der Waals surface area contributed by atoms with Gasteiger partial charge < -0.3 is 23.7 Å². The van der Waals surface area contributed by atoms with Crippen LogP contribution in [0.2, 0.25) is 0 Å². The maximum Gasteiger partial charge on any atom is 0.346 e. The summed E-state index contributed by atoms with van der Waals surface area (Å²) in [5.41, 5.74) is -0.127. The van der Waals surface area contributed by atoms with E-state index in [1.54, 1.807) is 30.3 Å². The molecule has 6 unspecified atom stereocenters. The highest BCUT2D eigenvalue weighted by molar-refractivity contribution is 5.91. The Morgan fingerprint density at radius 3 is 1.91 bits per heavy atom. The van der Waals surface area contributed by atoms with E-state index < -0.39 is 11.8 Å². The Kier molecular flexibility index (Phi) is 5.91. The van der Waals surface area contributed by atoms with E-state index >= 15 is 0 Å². The largest absolute Gasteiger partial charge is 0.493 e. The lowest BCUT2D eigenvalue weighted by Crippen LogP contribution is -2.20. The number of hydrogen-bond donors (Lipinski definition) is 0. The minimum absolute atomic E-state index is 0.127. The average Bonchev–Trinajstić information content (AvgIpc) is 3.76. The summed E-state index contributed by atoms with van der Waals surface area (Å²) in [6.07, 6.45) is 8.19. The van der Waals surface area contributed by atoms with Crippen LogP contribution in [0.5, 0.6) is 17.2 Å². The van der Waals surface area contributed by atoms with Crippen molar-refractivity contribution in [2.24, 2.45) is 11.8 Å². The first-order valence-electron chi connectivity index (χ1n) is 12.3. The smallest absolute Gasteiger partial charge is 0.346 e. The Balaban J connectivity index is 0.983. The molecule has 2 aromatic rings. The molecule has 6 nitrogen and oxygen atoms in total. The third kappa shape index (κ3) is 5.05. The standard InChI is InChI=1S/C27H29FO6/c28-22-13-20(31-15-17-2-10-24-26(12-17)34-24)7-8-21(22)27(29)32-19-5-3-18(4-6-19)30-14-16-1-9-23-25(11-16)33-23/h3-8,13,16-17,23-26H,1-2,9-12,14-15H2. The molecule has 0 N–H and O–H groups in total. The highest BCUT2D eigenvalue weighted by atomic mass is 19.1. The van der Waals surface area contributed by atoms with Crippen molar-refractivity contribution in [1.29, 1.82) is 0 Å². The first-order chi connectivity index (χ1) is 16.6. The molecule has 0 amide bonds. The van der Waals surface area contributed by atoms with Gasteiger partial charge in [-0.3, -0.25) is 0 Å². The second kappa shape index (κ2) is 9.19. The molecule has 2 heterocycles. The highest BCUT2D eigenvalue weighted by Gasteiger charge is 2.44. The number of carbonyl (C=O) groups excluding carboxylic acids is 1. The van der Waals surface area contributed by atoms with Crippen molar-refractivity contribution in [3.8, 4) is 17.2 Å². The van der Waals surface area contributed by atoms with Crippen LogP contribution in [0.4, 0.5) is 4.39 Å². The lowest BCUT2D eigenvalue weighted by atomic mass is 9.90. The number of epoxide rings is 2. The van der Waals surface area contributed by atoms with Crippen LogP contribution in [0, 0.1) is 17.7 Å². The van der Waals surface area contributed by atoms with E-state index in [9.17, 15) is 9.18 Å². The molecule has 2 aliphatic heterocycles. The molecular weight excluding hydrogens is 439 g/mol. The molecule has 2 saturated carbocycles. The number of benzene rings is 2. The third-order valence-electron chi connectivity index (χ3n) is 7.39. The maximum atomic E-state index is 14.6. The van der Waals surface area contributed by atoms with Gasteiger partial charge in [0, 0.05) is 6.07 Å². The summed E-state index contributed by atoms with van der Waals surface area (Å²) in [7, 11) is 0. The molecule has 2 saturated heterocycles. The Labute approximate surface area is 198 Å². The van der Waals surface area contributed by atoms with E-state index in [1.165, 1.54) is 12.1 Å². The van der Waals surface area contributed by atoms with Crippen molar-refractivity contribution in [3.63, 3.8) is 0 Å². The minimum Gasteiger partial charge on any atom is -0.493 e. The number of esters is 1. The van der Waals surface area contributed by atoms with Crippen LogP contribution in [0.15, 0.2) is 42.5 Å². The molecule has 0 spiro atoms. The SMILES string of the molecule is O=C(Oc1ccc(OCC2CCC3OC3C2)cc1)c1ccc(OCC2CCC3OC3C2)cc1F. The molecule has 6 atom stereocenters. The summed E-state index contributed by atoms with van der Waals surface area (Å²) >= 11 is 0. The van der Waals surface area contributed by atoms with Crippen molar-refractivity contribution < 1.29 is 32.9 Å².